The number of carbonyl (C=O) groups excluding carboxylic acids is 1. The number of benzene rings is 2. The van der Waals surface area contributed by atoms with Gasteiger partial charge in [-0.3, -0.25) is 9.69 Å². The lowest BCUT2D eigenvalue weighted by atomic mass is 10.1. The van der Waals surface area contributed by atoms with Crippen LogP contribution in [0.3, 0.4) is 0 Å². The zero-order valence-corrected chi connectivity index (χ0v) is 13.4. The van der Waals surface area contributed by atoms with Gasteiger partial charge < -0.3 is 14.2 Å². The van der Waals surface area contributed by atoms with Gasteiger partial charge in [-0.2, -0.15) is 0 Å². The van der Waals surface area contributed by atoms with Crippen molar-refractivity contribution in [2.75, 3.05) is 26.2 Å². The van der Waals surface area contributed by atoms with E-state index in [1.54, 1.807) is 12.1 Å². The molecule has 0 radical (unpaired) electrons. The minimum Gasteiger partial charge on any atom is -0.493 e. The van der Waals surface area contributed by atoms with E-state index in [1.807, 2.05) is 30.3 Å². The van der Waals surface area contributed by atoms with Crippen LogP contribution in [-0.4, -0.2) is 27.2 Å². The highest BCUT2D eigenvalue weighted by Crippen LogP contribution is 2.40. The van der Waals surface area contributed by atoms with Gasteiger partial charge in [0.1, 0.15) is 0 Å². The Balaban J connectivity index is 2.52. The predicted molar refractivity (Wildman–Crippen MR) is 89.5 cm³/mol. The maximum absolute atomic E-state index is 12.9. The highest BCUT2D eigenvalue weighted by Gasteiger charge is 2.24. The van der Waals surface area contributed by atoms with E-state index in [4.69, 9.17) is 14.2 Å². The number of carbonyl (C=O) groups is 1. The summed E-state index contributed by atoms with van der Waals surface area (Å²) < 4.78 is 15.9. The first-order valence-corrected chi connectivity index (χ1v) is 6.98. The van der Waals surface area contributed by atoms with Gasteiger partial charge in [-0.1, -0.05) is 24.8 Å². The van der Waals surface area contributed by atoms with E-state index in [-0.39, 0.29) is 5.91 Å². The fourth-order valence-corrected chi connectivity index (χ4v) is 2.29. The van der Waals surface area contributed by atoms with E-state index in [2.05, 4.69) is 6.58 Å². The summed E-state index contributed by atoms with van der Waals surface area (Å²) in [6.45, 7) is 3.72. The molecular formula is C18H19NO4. The Morgan fingerprint density at radius 2 is 1.61 bits per heavy atom. The van der Waals surface area contributed by atoms with Crippen LogP contribution in [0, 0.1) is 0 Å². The number of methoxy groups -OCH3 is 3. The highest BCUT2D eigenvalue weighted by atomic mass is 16.5. The average molecular weight is 313 g/mol. The smallest absolute Gasteiger partial charge is 0.266 e. The number of hydrogen-bond acceptors (Lipinski definition) is 4. The Labute approximate surface area is 135 Å². The maximum atomic E-state index is 12.9. The van der Waals surface area contributed by atoms with Gasteiger partial charge in [0, 0.05) is 11.9 Å². The van der Waals surface area contributed by atoms with Crippen LogP contribution >= 0.6 is 0 Å². The summed E-state index contributed by atoms with van der Waals surface area (Å²) in [7, 11) is 4.50. The summed E-state index contributed by atoms with van der Waals surface area (Å²) in [5.41, 5.74) is 1.07. The Bertz CT molecular complexity index is 698. The largest absolute Gasteiger partial charge is 0.493 e. The lowest BCUT2D eigenvalue weighted by molar-refractivity contribution is 0.0994. The Morgan fingerprint density at radius 1 is 0.957 bits per heavy atom. The third-order valence-electron chi connectivity index (χ3n) is 3.37. The van der Waals surface area contributed by atoms with Crippen LogP contribution in [0.25, 0.3) is 0 Å². The molecule has 0 aliphatic heterocycles. The quantitative estimate of drug-likeness (QED) is 0.819. The van der Waals surface area contributed by atoms with Crippen LogP contribution in [0.4, 0.5) is 5.69 Å². The lowest BCUT2D eigenvalue weighted by Crippen LogP contribution is -2.25. The monoisotopic (exact) mass is 313 g/mol. The first kappa shape index (κ1) is 16.4. The molecule has 2 aromatic carbocycles. The molecule has 0 heterocycles. The molecule has 2 aromatic rings. The standard InChI is InChI=1S/C18H19NO4/c1-5-19(13-9-7-6-8-10-13)18(20)14-11-12-15(21-2)17(23-4)16(14)22-3/h5-12H,1H2,2-4H3. The molecule has 0 fully saturated rings. The van der Waals surface area contributed by atoms with Crippen LogP contribution in [0.1, 0.15) is 10.4 Å². The zero-order chi connectivity index (χ0) is 16.8. The number of rotatable bonds is 6. The van der Waals surface area contributed by atoms with Crippen LogP contribution in [-0.2, 0) is 0 Å². The number of amides is 1. The van der Waals surface area contributed by atoms with E-state index < -0.39 is 0 Å². The van der Waals surface area contributed by atoms with E-state index in [1.165, 1.54) is 32.4 Å². The van der Waals surface area contributed by atoms with Gasteiger partial charge in [-0.15, -0.1) is 0 Å². The van der Waals surface area contributed by atoms with Crippen LogP contribution in [0.15, 0.2) is 55.2 Å². The van der Waals surface area contributed by atoms with Crippen molar-refractivity contribution >= 4 is 11.6 Å². The van der Waals surface area contributed by atoms with E-state index in [0.717, 1.165) is 0 Å². The highest BCUT2D eigenvalue weighted by molar-refractivity contribution is 6.09. The molecule has 0 aromatic heterocycles. The van der Waals surface area contributed by atoms with Crippen molar-refractivity contribution in [1.29, 1.82) is 0 Å². The molecule has 23 heavy (non-hydrogen) atoms. The number of anilines is 1. The van der Waals surface area contributed by atoms with Crippen LogP contribution in [0.2, 0.25) is 0 Å². The summed E-state index contributed by atoms with van der Waals surface area (Å²) in [4.78, 5) is 14.4. The summed E-state index contributed by atoms with van der Waals surface area (Å²) in [6.07, 6.45) is 1.47. The fourth-order valence-electron chi connectivity index (χ4n) is 2.29. The van der Waals surface area contributed by atoms with Gasteiger partial charge in [0.25, 0.3) is 5.91 Å². The predicted octanol–water partition coefficient (Wildman–Crippen LogP) is 3.50. The molecule has 5 heteroatoms. The van der Waals surface area contributed by atoms with E-state index >= 15 is 0 Å². The second-order valence-electron chi connectivity index (χ2n) is 4.58. The van der Waals surface area contributed by atoms with Crippen molar-refractivity contribution in [2.24, 2.45) is 0 Å². The summed E-state index contributed by atoms with van der Waals surface area (Å²) >= 11 is 0. The van der Waals surface area contributed by atoms with Crippen molar-refractivity contribution in [3.05, 3.63) is 60.8 Å². The second kappa shape index (κ2) is 7.35. The first-order chi connectivity index (χ1) is 11.2. The summed E-state index contributed by atoms with van der Waals surface area (Å²) in [5.74, 6) is 0.910. The van der Waals surface area contributed by atoms with Crippen molar-refractivity contribution < 1.29 is 19.0 Å². The van der Waals surface area contributed by atoms with Crippen molar-refractivity contribution in [3.63, 3.8) is 0 Å². The van der Waals surface area contributed by atoms with Gasteiger partial charge in [0.05, 0.1) is 26.9 Å². The summed E-state index contributed by atoms with van der Waals surface area (Å²) in [5, 5.41) is 0. The van der Waals surface area contributed by atoms with Crippen molar-refractivity contribution in [1.82, 2.24) is 0 Å². The van der Waals surface area contributed by atoms with E-state index in [9.17, 15) is 4.79 Å². The molecule has 0 N–H and O–H groups in total. The van der Waals surface area contributed by atoms with Gasteiger partial charge in [0.15, 0.2) is 11.5 Å². The molecule has 5 nitrogen and oxygen atoms in total. The van der Waals surface area contributed by atoms with Crippen LogP contribution in [0.5, 0.6) is 17.2 Å². The van der Waals surface area contributed by atoms with Crippen LogP contribution < -0.4 is 19.1 Å². The number of para-hydroxylation sites is 1. The molecule has 0 bridgehead atoms. The van der Waals surface area contributed by atoms with Gasteiger partial charge in [-0.05, 0) is 24.3 Å². The third kappa shape index (κ3) is 3.13. The topological polar surface area (TPSA) is 48.0 Å². The number of hydrogen-bond donors (Lipinski definition) is 0. The summed E-state index contributed by atoms with van der Waals surface area (Å²) in [6, 6.07) is 12.5. The minimum atomic E-state index is -0.274. The van der Waals surface area contributed by atoms with E-state index in [0.29, 0.717) is 28.5 Å². The van der Waals surface area contributed by atoms with Gasteiger partial charge in [-0.25, -0.2) is 0 Å². The van der Waals surface area contributed by atoms with Crippen molar-refractivity contribution in [3.8, 4) is 17.2 Å². The number of nitrogens with zero attached hydrogens (tertiary/aromatic N) is 1. The maximum Gasteiger partial charge on any atom is 0.266 e. The number of ether oxygens (including phenoxy) is 3. The molecule has 0 aliphatic rings. The molecule has 0 unspecified atom stereocenters. The average Bonchev–Trinajstić information content (AvgIpc) is 2.61. The Morgan fingerprint density at radius 3 is 2.13 bits per heavy atom. The molecule has 0 saturated heterocycles. The fraction of sp³-hybridized carbons (Fsp3) is 0.167. The second-order valence-corrected chi connectivity index (χ2v) is 4.58. The Kier molecular flexibility index (Phi) is 5.25. The molecule has 0 aliphatic carbocycles. The van der Waals surface area contributed by atoms with Crippen molar-refractivity contribution in [2.45, 2.75) is 0 Å². The molecule has 0 atom stereocenters. The molecular weight excluding hydrogens is 294 g/mol. The molecule has 120 valence electrons. The molecule has 0 spiro atoms. The van der Waals surface area contributed by atoms with Gasteiger partial charge in [0.2, 0.25) is 5.75 Å². The first-order valence-electron chi connectivity index (χ1n) is 6.98. The molecule has 0 saturated carbocycles. The normalized spacial score (nSPS) is 9.87. The molecule has 2 rings (SSSR count). The third-order valence-corrected chi connectivity index (χ3v) is 3.37. The van der Waals surface area contributed by atoms with Gasteiger partial charge >= 0.3 is 0 Å². The molecule has 1 amide bonds. The lowest BCUT2D eigenvalue weighted by Gasteiger charge is -2.21. The SMILES string of the molecule is C=CN(C(=O)c1ccc(OC)c(OC)c1OC)c1ccccc1. The zero-order valence-electron chi connectivity index (χ0n) is 13.4. The Hall–Kier alpha value is -2.95. The minimum absolute atomic E-state index is 0.274.